The summed E-state index contributed by atoms with van der Waals surface area (Å²) in [5.74, 6) is 0.992. The number of anilines is 1. The molecule has 0 saturated heterocycles. The molecule has 1 aromatic carbocycles. The van der Waals surface area contributed by atoms with E-state index >= 15 is 0 Å². The smallest absolute Gasteiger partial charge is 0.142 e. The molecule has 3 nitrogen and oxygen atoms in total. The molecule has 0 spiro atoms. The summed E-state index contributed by atoms with van der Waals surface area (Å²) >= 11 is 0. The lowest BCUT2D eigenvalue weighted by Gasteiger charge is -2.26. The third-order valence-electron chi connectivity index (χ3n) is 4.87. The van der Waals surface area contributed by atoms with Gasteiger partial charge < -0.3 is 15.4 Å². The summed E-state index contributed by atoms with van der Waals surface area (Å²) < 4.78 is 5.85. The van der Waals surface area contributed by atoms with Crippen molar-refractivity contribution in [2.45, 2.75) is 77.0 Å². The molecule has 1 aliphatic heterocycles. The van der Waals surface area contributed by atoms with Crippen LogP contribution < -0.4 is 15.4 Å². The van der Waals surface area contributed by atoms with Crippen LogP contribution in [0.2, 0.25) is 0 Å². The number of rotatable bonds is 4. The highest BCUT2D eigenvalue weighted by Gasteiger charge is 2.17. The molecule has 1 aromatic rings. The summed E-state index contributed by atoms with van der Waals surface area (Å²) in [4.78, 5) is 0. The molecule has 3 heteroatoms. The SMILES string of the molecule is CC(Cc1ccc2c(c1)NCC(C)O2)NC1CCCCCC1. The van der Waals surface area contributed by atoms with Gasteiger partial charge in [-0.05, 0) is 50.8 Å². The first-order valence-corrected chi connectivity index (χ1v) is 9.00. The van der Waals surface area contributed by atoms with E-state index < -0.39 is 0 Å². The van der Waals surface area contributed by atoms with Crippen LogP contribution in [0.5, 0.6) is 5.75 Å². The zero-order chi connectivity index (χ0) is 15.4. The largest absolute Gasteiger partial charge is 0.487 e. The summed E-state index contributed by atoms with van der Waals surface area (Å²) in [6, 6.07) is 7.84. The molecule has 0 radical (unpaired) electrons. The minimum absolute atomic E-state index is 0.258. The zero-order valence-corrected chi connectivity index (χ0v) is 14.0. The molecular weight excluding hydrogens is 272 g/mol. The van der Waals surface area contributed by atoms with Gasteiger partial charge >= 0.3 is 0 Å². The van der Waals surface area contributed by atoms with Crippen LogP contribution in [0.1, 0.15) is 57.9 Å². The van der Waals surface area contributed by atoms with Crippen molar-refractivity contribution < 1.29 is 4.74 Å². The van der Waals surface area contributed by atoms with Gasteiger partial charge in [-0.15, -0.1) is 0 Å². The second-order valence-corrected chi connectivity index (χ2v) is 7.10. The molecule has 22 heavy (non-hydrogen) atoms. The number of nitrogens with one attached hydrogen (secondary N) is 2. The maximum Gasteiger partial charge on any atom is 0.142 e. The Labute approximate surface area is 134 Å². The van der Waals surface area contributed by atoms with Crippen LogP contribution in [0.15, 0.2) is 18.2 Å². The molecule has 0 aromatic heterocycles. The summed E-state index contributed by atoms with van der Waals surface area (Å²) in [5, 5.41) is 7.31. The number of hydrogen-bond acceptors (Lipinski definition) is 3. The lowest BCUT2D eigenvalue weighted by atomic mass is 10.0. The van der Waals surface area contributed by atoms with Crippen LogP contribution in [0.4, 0.5) is 5.69 Å². The maximum absolute atomic E-state index is 5.85. The van der Waals surface area contributed by atoms with Crippen LogP contribution in [0, 0.1) is 0 Å². The molecule has 3 rings (SSSR count). The van der Waals surface area contributed by atoms with Crippen LogP contribution in [-0.2, 0) is 6.42 Å². The van der Waals surface area contributed by atoms with E-state index in [2.05, 4.69) is 42.7 Å². The molecule has 1 saturated carbocycles. The Bertz CT molecular complexity index is 480. The van der Waals surface area contributed by atoms with Gasteiger partial charge in [-0.25, -0.2) is 0 Å². The number of hydrogen-bond donors (Lipinski definition) is 2. The molecule has 1 heterocycles. The minimum Gasteiger partial charge on any atom is -0.487 e. The molecule has 122 valence electrons. The summed E-state index contributed by atoms with van der Waals surface area (Å²) in [6.07, 6.45) is 9.66. The van der Waals surface area contributed by atoms with Crippen LogP contribution in [0.25, 0.3) is 0 Å². The molecular formula is C19H30N2O. The predicted molar refractivity (Wildman–Crippen MR) is 92.8 cm³/mol. The van der Waals surface area contributed by atoms with E-state index in [1.54, 1.807) is 0 Å². The van der Waals surface area contributed by atoms with Gasteiger partial charge in [0.2, 0.25) is 0 Å². The van der Waals surface area contributed by atoms with E-state index in [9.17, 15) is 0 Å². The molecule has 0 bridgehead atoms. The molecule has 2 N–H and O–H groups in total. The first-order valence-electron chi connectivity index (χ1n) is 9.00. The highest BCUT2D eigenvalue weighted by atomic mass is 16.5. The van der Waals surface area contributed by atoms with Crippen molar-refractivity contribution in [1.29, 1.82) is 0 Å². The van der Waals surface area contributed by atoms with Gasteiger partial charge in [0.25, 0.3) is 0 Å². The summed E-state index contributed by atoms with van der Waals surface area (Å²) in [6.45, 7) is 5.31. The molecule has 1 aliphatic carbocycles. The van der Waals surface area contributed by atoms with Crippen molar-refractivity contribution in [2.75, 3.05) is 11.9 Å². The van der Waals surface area contributed by atoms with Crippen molar-refractivity contribution in [3.63, 3.8) is 0 Å². The van der Waals surface area contributed by atoms with Gasteiger partial charge in [-0.1, -0.05) is 31.7 Å². The van der Waals surface area contributed by atoms with E-state index in [4.69, 9.17) is 4.74 Å². The second-order valence-electron chi connectivity index (χ2n) is 7.10. The van der Waals surface area contributed by atoms with Crippen molar-refractivity contribution in [3.8, 4) is 5.75 Å². The Kier molecular flexibility index (Phi) is 5.24. The topological polar surface area (TPSA) is 33.3 Å². The fraction of sp³-hybridized carbons (Fsp3) is 0.684. The van der Waals surface area contributed by atoms with Crippen LogP contribution >= 0.6 is 0 Å². The first-order chi connectivity index (χ1) is 10.7. The molecule has 1 fully saturated rings. The number of benzene rings is 1. The van der Waals surface area contributed by atoms with E-state index in [0.29, 0.717) is 6.04 Å². The Balaban J connectivity index is 1.56. The van der Waals surface area contributed by atoms with Crippen molar-refractivity contribution in [2.24, 2.45) is 0 Å². The molecule has 0 amide bonds. The van der Waals surface area contributed by atoms with E-state index in [-0.39, 0.29) is 6.10 Å². The Morgan fingerprint density at radius 1 is 1.23 bits per heavy atom. The van der Waals surface area contributed by atoms with Gasteiger partial charge in [-0.3, -0.25) is 0 Å². The average molecular weight is 302 g/mol. The molecule has 2 unspecified atom stereocenters. The average Bonchev–Trinajstić information content (AvgIpc) is 2.76. The summed E-state index contributed by atoms with van der Waals surface area (Å²) in [7, 11) is 0. The fourth-order valence-corrected chi connectivity index (χ4v) is 3.72. The van der Waals surface area contributed by atoms with Gasteiger partial charge in [-0.2, -0.15) is 0 Å². The minimum atomic E-state index is 0.258. The molecule has 2 atom stereocenters. The Hall–Kier alpha value is -1.22. The standard InChI is InChI=1S/C19H30N2O/c1-14(21-17-7-5-3-4-6-8-17)11-16-9-10-19-18(12-16)20-13-15(2)22-19/h9-10,12,14-15,17,20-21H,3-8,11,13H2,1-2H3. The van der Waals surface area contributed by atoms with Gasteiger partial charge in [0.15, 0.2) is 0 Å². The quantitative estimate of drug-likeness (QED) is 0.821. The Morgan fingerprint density at radius 3 is 2.77 bits per heavy atom. The second kappa shape index (κ2) is 7.36. The monoisotopic (exact) mass is 302 g/mol. The van der Waals surface area contributed by atoms with E-state index in [0.717, 1.165) is 30.4 Å². The third kappa shape index (κ3) is 4.16. The number of ether oxygens (including phenoxy) is 1. The van der Waals surface area contributed by atoms with Gasteiger partial charge in [0, 0.05) is 12.1 Å². The van der Waals surface area contributed by atoms with E-state index in [1.165, 1.54) is 44.1 Å². The van der Waals surface area contributed by atoms with E-state index in [1.807, 2.05) is 0 Å². The molecule has 2 aliphatic rings. The zero-order valence-electron chi connectivity index (χ0n) is 14.0. The normalized spacial score (nSPS) is 23.8. The third-order valence-corrected chi connectivity index (χ3v) is 4.87. The first kappa shape index (κ1) is 15.7. The van der Waals surface area contributed by atoms with Gasteiger partial charge in [0.1, 0.15) is 11.9 Å². The summed E-state index contributed by atoms with van der Waals surface area (Å²) in [5.41, 5.74) is 2.54. The van der Waals surface area contributed by atoms with Gasteiger partial charge in [0.05, 0.1) is 12.2 Å². The van der Waals surface area contributed by atoms with Crippen molar-refractivity contribution >= 4 is 5.69 Å². The van der Waals surface area contributed by atoms with Crippen molar-refractivity contribution in [3.05, 3.63) is 23.8 Å². The van der Waals surface area contributed by atoms with Crippen LogP contribution in [-0.4, -0.2) is 24.7 Å². The fourth-order valence-electron chi connectivity index (χ4n) is 3.72. The predicted octanol–water partition coefficient (Wildman–Crippen LogP) is 4.12. The van der Waals surface area contributed by atoms with Crippen LogP contribution in [0.3, 0.4) is 0 Å². The number of fused-ring (bicyclic) bond motifs is 1. The maximum atomic E-state index is 5.85. The lowest BCUT2D eigenvalue weighted by molar-refractivity contribution is 0.226. The Morgan fingerprint density at radius 2 is 2.00 bits per heavy atom. The lowest BCUT2D eigenvalue weighted by Crippen LogP contribution is -2.37. The highest BCUT2D eigenvalue weighted by molar-refractivity contribution is 5.59. The van der Waals surface area contributed by atoms with Crippen molar-refractivity contribution in [1.82, 2.24) is 5.32 Å². The highest BCUT2D eigenvalue weighted by Crippen LogP contribution is 2.30.